The van der Waals surface area contributed by atoms with Crippen LogP contribution in [0.5, 0.6) is 5.75 Å². The van der Waals surface area contributed by atoms with Crippen LogP contribution in [0.15, 0.2) is 43.0 Å². The predicted octanol–water partition coefficient (Wildman–Crippen LogP) is 1.27. The van der Waals surface area contributed by atoms with Crippen LogP contribution in [0, 0.1) is 11.8 Å². The van der Waals surface area contributed by atoms with Crippen molar-refractivity contribution in [2.45, 2.75) is 6.54 Å². The minimum atomic E-state index is 0.367. The number of ether oxygens (including phenoxy) is 1. The number of benzene rings is 1. The molecule has 1 aromatic heterocycles. The van der Waals surface area contributed by atoms with Crippen LogP contribution in [0.4, 0.5) is 0 Å². The molecule has 0 aliphatic heterocycles. The Morgan fingerprint density at radius 1 is 1.39 bits per heavy atom. The van der Waals surface area contributed by atoms with Crippen LogP contribution in [0.1, 0.15) is 5.56 Å². The van der Waals surface area contributed by atoms with Crippen LogP contribution in [-0.4, -0.2) is 22.7 Å². The number of nitrogens with two attached hydrogens (primary N) is 1. The van der Waals surface area contributed by atoms with Crippen molar-refractivity contribution >= 4 is 0 Å². The first-order valence-corrected chi connectivity index (χ1v) is 5.76. The molecule has 4 nitrogen and oxygen atoms in total. The normalized spacial score (nSPS) is 9.61. The van der Waals surface area contributed by atoms with Gasteiger partial charge in [-0.15, -0.1) is 0 Å². The topological polar surface area (TPSA) is 53.1 Å². The summed E-state index contributed by atoms with van der Waals surface area (Å²) in [5.41, 5.74) is 6.25. The standard InChI is InChI=1S/C14H15N3O/c15-6-2-4-13-3-1-5-14(11-13)18-10-9-17-8-7-16-12-17/h1,3,5,7-8,11-12H,6,9-10,15H2. The van der Waals surface area contributed by atoms with E-state index in [0.29, 0.717) is 13.2 Å². The molecule has 18 heavy (non-hydrogen) atoms. The van der Waals surface area contributed by atoms with E-state index in [2.05, 4.69) is 16.8 Å². The molecular weight excluding hydrogens is 226 g/mol. The highest BCUT2D eigenvalue weighted by Gasteiger charge is 1.95. The van der Waals surface area contributed by atoms with E-state index in [1.54, 1.807) is 12.5 Å². The summed E-state index contributed by atoms with van der Waals surface area (Å²) in [5, 5.41) is 0. The molecule has 0 fully saturated rings. The molecule has 0 aliphatic carbocycles. The number of aromatic nitrogens is 2. The van der Waals surface area contributed by atoms with Crippen molar-refractivity contribution in [2.75, 3.05) is 13.2 Å². The van der Waals surface area contributed by atoms with Gasteiger partial charge in [-0.2, -0.15) is 0 Å². The Bertz CT molecular complexity index is 538. The molecule has 0 atom stereocenters. The Morgan fingerprint density at radius 2 is 2.33 bits per heavy atom. The number of hydrogen-bond acceptors (Lipinski definition) is 3. The second-order valence-corrected chi connectivity index (χ2v) is 3.68. The van der Waals surface area contributed by atoms with Crippen molar-refractivity contribution in [3.63, 3.8) is 0 Å². The molecular formula is C14H15N3O. The van der Waals surface area contributed by atoms with Gasteiger partial charge in [0.25, 0.3) is 0 Å². The number of hydrogen-bond donors (Lipinski definition) is 1. The van der Waals surface area contributed by atoms with Crippen LogP contribution in [0.3, 0.4) is 0 Å². The van der Waals surface area contributed by atoms with E-state index in [4.69, 9.17) is 10.5 Å². The van der Waals surface area contributed by atoms with Crippen molar-refractivity contribution in [3.05, 3.63) is 48.5 Å². The van der Waals surface area contributed by atoms with Crippen LogP contribution in [-0.2, 0) is 6.54 Å². The van der Waals surface area contributed by atoms with Gasteiger partial charge in [0.2, 0.25) is 0 Å². The van der Waals surface area contributed by atoms with E-state index in [1.807, 2.05) is 35.0 Å². The van der Waals surface area contributed by atoms with Crippen molar-refractivity contribution in [3.8, 4) is 17.6 Å². The summed E-state index contributed by atoms with van der Waals surface area (Å²) in [4.78, 5) is 3.97. The molecule has 0 saturated carbocycles. The average Bonchev–Trinajstić information content (AvgIpc) is 2.90. The van der Waals surface area contributed by atoms with Crippen LogP contribution < -0.4 is 10.5 Å². The van der Waals surface area contributed by atoms with Gasteiger partial charge in [0.15, 0.2) is 0 Å². The summed E-state index contributed by atoms with van der Waals surface area (Å²) in [7, 11) is 0. The Hall–Kier alpha value is -2.25. The van der Waals surface area contributed by atoms with Gasteiger partial charge in [-0.3, -0.25) is 0 Å². The van der Waals surface area contributed by atoms with Gasteiger partial charge in [-0.1, -0.05) is 17.9 Å². The Balaban J connectivity index is 1.89. The van der Waals surface area contributed by atoms with Crippen LogP contribution in [0.25, 0.3) is 0 Å². The number of imidazole rings is 1. The quantitative estimate of drug-likeness (QED) is 0.820. The Labute approximate surface area is 106 Å². The first-order chi connectivity index (χ1) is 8.88. The van der Waals surface area contributed by atoms with Gasteiger partial charge < -0.3 is 15.0 Å². The predicted molar refractivity (Wildman–Crippen MR) is 70.1 cm³/mol. The highest BCUT2D eigenvalue weighted by molar-refractivity contribution is 5.39. The Kier molecular flexibility index (Phi) is 4.39. The monoisotopic (exact) mass is 241 g/mol. The lowest BCUT2D eigenvalue weighted by Gasteiger charge is -2.06. The molecule has 1 aromatic carbocycles. The third-order valence-corrected chi connectivity index (χ3v) is 2.35. The molecule has 0 saturated heterocycles. The van der Waals surface area contributed by atoms with Gasteiger partial charge in [0.1, 0.15) is 12.4 Å². The lowest BCUT2D eigenvalue weighted by Crippen LogP contribution is -2.06. The summed E-state index contributed by atoms with van der Waals surface area (Å²) in [6.07, 6.45) is 5.43. The summed E-state index contributed by atoms with van der Waals surface area (Å²) in [5.74, 6) is 6.62. The summed E-state index contributed by atoms with van der Waals surface area (Å²) in [6, 6.07) is 7.69. The largest absolute Gasteiger partial charge is 0.492 e. The van der Waals surface area contributed by atoms with Gasteiger partial charge in [0.05, 0.1) is 19.4 Å². The number of rotatable bonds is 4. The smallest absolute Gasteiger partial charge is 0.120 e. The molecule has 0 aliphatic rings. The second kappa shape index (κ2) is 6.48. The molecule has 0 spiro atoms. The highest BCUT2D eigenvalue weighted by Crippen LogP contribution is 2.12. The van der Waals surface area contributed by atoms with Crippen molar-refractivity contribution in [2.24, 2.45) is 5.73 Å². The zero-order chi connectivity index (χ0) is 12.6. The van der Waals surface area contributed by atoms with Crippen molar-refractivity contribution in [1.29, 1.82) is 0 Å². The van der Waals surface area contributed by atoms with E-state index in [1.165, 1.54) is 0 Å². The first-order valence-electron chi connectivity index (χ1n) is 5.76. The lowest BCUT2D eigenvalue weighted by atomic mass is 10.2. The van der Waals surface area contributed by atoms with E-state index >= 15 is 0 Å². The SMILES string of the molecule is NCC#Cc1cccc(OCCn2ccnc2)c1. The van der Waals surface area contributed by atoms with Gasteiger partial charge in [-0.25, -0.2) is 4.98 Å². The summed E-state index contributed by atoms with van der Waals surface area (Å²) in [6.45, 7) is 1.74. The molecule has 0 unspecified atom stereocenters. The van der Waals surface area contributed by atoms with Gasteiger partial charge >= 0.3 is 0 Å². The molecule has 2 N–H and O–H groups in total. The fourth-order valence-corrected chi connectivity index (χ4v) is 1.50. The molecule has 4 heteroatoms. The average molecular weight is 241 g/mol. The summed E-state index contributed by atoms with van der Waals surface area (Å²) >= 11 is 0. The minimum absolute atomic E-state index is 0.367. The van der Waals surface area contributed by atoms with E-state index in [0.717, 1.165) is 17.9 Å². The minimum Gasteiger partial charge on any atom is -0.492 e. The summed E-state index contributed by atoms with van der Waals surface area (Å²) < 4.78 is 7.62. The zero-order valence-corrected chi connectivity index (χ0v) is 10.0. The first kappa shape index (κ1) is 12.2. The fraction of sp³-hybridized carbons (Fsp3) is 0.214. The molecule has 2 rings (SSSR count). The van der Waals surface area contributed by atoms with Crippen LogP contribution >= 0.6 is 0 Å². The van der Waals surface area contributed by atoms with Crippen molar-refractivity contribution in [1.82, 2.24) is 9.55 Å². The van der Waals surface area contributed by atoms with Crippen LogP contribution in [0.2, 0.25) is 0 Å². The molecule has 92 valence electrons. The molecule has 0 radical (unpaired) electrons. The lowest BCUT2D eigenvalue weighted by molar-refractivity contribution is 0.298. The molecule has 2 aromatic rings. The third kappa shape index (κ3) is 3.65. The molecule has 0 amide bonds. The number of nitrogens with zero attached hydrogens (tertiary/aromatic N) is 2. The molecule has 0 bridgehead atoms. The Morgan fingerprint density at radius 3 is 3.11 bits per heavy atom. The van der Waals surface area contributed by atoms with E-state index < -0.39 is 0 Å². The van der Waals surface area contributed by atoms with Crippen molar-refractivity contribution < 1.29 is 4.74 Å². The zero-order valence-electron chi connectivity index (χ0n) is 10.0. The third-order valence-electron chi connectivity index (χ3n) is 2.35. The second-order valence-electron chi connectivity index (χ2n) is 3.68. The maximum Gasteiger partial charge on any atom is 0.120 e. The van der Waals surface area contributed by atoms with E-state index in [9.17, 15) is 0 Å². The fourth-order valence-electron chi connectivity index (χ4n) is 1.50. The highest BCUT2D eigenvalue weighted by atomic mass is 16.5. The van der Waals surface area contributed by atoms with E-state index in [-0.39, 0.29) is 0 Å². The maximum atomic E-state index is 5.65. The van der Waals surface area contributed by atoms with Gasteiger partial charge in [-0.05, 0) is 18.2 Å². The molecule has 1 heterocycles. The van der Waals surface area contributed by atoms with Gasteiger partial charge in [0, 0.05) is 18.0 Å². The maximum absolute atomic E-state index is 5.65.